The molecular weight excluding hydrogens is 366 g/mol. The molecular formula is C24H27NO4. The topological polar surface area (TPSA) is 64.6 Å². The van der Waals surface area contributed by atoms with E-state index in [4.69, 9.17) is 9.47 Å². The summed E-state index contributed by atoms with van der Waals surface area (Å²) >= 11 is 0. The van der Waals surface area contributed by atoms with Crippen molar-refractivity contribution in [2.24, 2.45) is 5.92 Å². The molecule has 5 nitrogen and oxygen atoms in total. The predicted octanol–water partition coefficient (Wildman–Crippen LogP) is 4.88. The molecule has 1 aliphatic carbocycles. The van der Waals surface area contributed by atoms with Gasteiger partial charge in [-0.3, -0.25) is 9.59 Å². The molecule has 1 amide bonds. The molecule has 0 aromatic heterocycles. The van der Waals surface area contributed by atoms with E-state index in [-0.39, 0.29) is 24.2 Å². The number of hydrogen-bond donors (Lipinski definition) is 1. The number of ketones is 1. The van der Waals surface area contributed by atoms with Gasteiger partial charge in [0, 0.05) is 11.6 Å². The number of Topliss-reactive ketones (excluding diaryl/α,β-unsaturated/α-hetero) is 1. The van der Waals surface area contributed by atoms with Gasteiger partial charge in [-0.05, 0) is 67.7 Å². The van der Waals surface area contributed by atoms with Crippen molar-refractivity contribution in [3.63, 3.8) is 0 Å². The SMILES string of the molecule is CCOc1cc(/C=C2\CCC[C@@H](C)C2=O)ccc1OCC(=O)Nc1ccccc1. The summed E-state index contributed by atoms with van der Waals surface area (Å²) < 4.78 is 11.4. The largest absolute Gasteiger partial charge is 0.490 e. The molecule has 5 heteroatoms. The smallest absolute Gasteiger partial charge is 0.262 e. The summed E-state index contributed by atoms with van der Waals surface area (Å²) in [5, 5.41) is 2.79. The molecule has 1 saturated carbocycles. The van der Waals surface area contributed by atoms with Gasteiger partial charge in [0.15, 0.2) is 23.9 Å². The Hall–Kier alpha value is -3.08. The van der Waals surface area contributed by atoms with Crippen LogP contribution in [0.5, 0.6) is 11.5 Å². The first-order valence-electron chi connectivity index (χ1n) is 10.1. The molecule has 0 aliphatic heterocycles. The van der Waals surface area contributed by atoms with Gasteiger partial charge in [-0.2, -0.15) is 0 Å². The fraction of sp³-hybridized carbons (Fsp3) is 0.333. The fourth-order valence-electron chi connectivity index (χ4n) is 3.38. The molecule has 0 unspecified atom stereocenters. The van der Waals surface area contributed by atoms with E-state index < -0.39 is 0 Å². The Balaban J connectivity index is 1.69. The zero-order valence-corrected chi connectivity index (χ0v) is 16.9. The summed E-state index contributed by atoms with van der Waals surface area (Å²) in [5.74, 6) is 1.14. The third kappa shape index (κ3) is 5.70. The molecule has 0 spiro atoms. The number of carbonyl (C=O) groups is 2. The minimum Gasteiger partial charge on any atom is -0.490 e. The van der Waals surface area contributed by atoms with Gasteiger partial charge >= 0.3 is 0 Å². The fourth-order valence-corrected chi connectivity index (χ4v) is 3.38. The highest BCUT2D eigenvalue weighted by Crippen LogP contribution is 2.31. The second-order valence-corrected chi connectivity index (χ2v) is 7.17. The van der Waals surface area contributed by atoms with Gasteiger partial charge in [-0.25, -0.2) is 0 Å². The van der Waals surface area contributed by atoms with Crippen molar-refractivity contribution < 1.29 is 19.1 Å². The molecule has 0 saturated heterocycles. The molecule has 1 aliphatic rings. The van der Waals surface area contributed by atoms with Gasteiger partial charge < -0.3 is 14.8 Å². The molecule has 1 atom stereocenters. The van der Waals surface area contributed by atoms with Crippen LogP contribution in [0, 0.1) is 5.92 Å². The van der Waals surface area contributed by atoms with E-state index in [9.17, 15) is 9.59 Å². The number of carbonyl (C=O) groups excluding carboxylic acids is 2. The Morgan fingerprint density at radius 1 is 1.14 bits per heavy atom. The van der Waals surface area contributed by atoms with Crippen molar-refractivity contribution in [1.29, 1.82) is 0 Å². The second kappa shape index (κ2) is 9.92. The van der Waals surface area contributed by atoms with E-state index in [1.807, 2.05) is 62.4 Å². The van der Waals surface area contributed by atoms with E-state index in [1.165, 1.54) is 0 Å². The predicted molar refractivity (Wildman–Crippen MR) is 114 cm³/mol. The van der Waals surface area contributed by atoms with Crippen molar-refractivity contribution in [3.8, 4) is 11.5 Å². The van der Waals surface area contributed by atoms with Gasteiger partial charge in [-0.15, -0.1) is 0 Å². The Bertz CT molecular complexity index is 889. The molecule has 1 N–H and O–H groups in total. The summed E-state index contributed by atoms with van der Waals surface area (Å²) in [6, 6.07) is 14.8. The number of benzene rings is 2. The summed E-state index contributed by atoms with van der Waals surface area (Å²) in [6.45, 7) is 4.23. The lowest BCUT2D eigenvalue weighted by Crippen LogP contribution is -2.20. The lowest BCUT2D eigenvalue weighted by atomic mass is 9.84. The van der Waals surface area contributed by atoms with Crippen molar-refractivity contribution in [3.05, 3.63) is 59.7 Å². The van der Waals surface area contributed by atoms with Crippen LogP contribution in [0.1, 0.15) is 38.7 Å². The summed E-state index contributed by atoms with van der Waals surface area (Å²) in [5.41, 5.74) is 2.48. The summed E-state index contributed by atoms with van der Waals surface area (Å²) in [4.78, 5) is 24.5. The van der Waals surface area contributed by atoms with Crippen LogP contribution in [0.15, 0.2) is 54.1 Å². The minimum absolute atomic E-state index is 0.0899. The normalized spacial score (nSPS) is 17.8. The Morgan fingerprint density at radius 3 is 2.69 bits per heavy atom. The average Bonchev–Trinajstić information content (AvgIpc) is 2.72. The van der Waals surface area contributed by atoms with E-state index >= 15 is 0 Å². The number of amides is 1. The lowest BCUT2D eigenvalue weighted by molar-refractivity contribution is -0.120. The van der Waals surface area contributed by atoms with Crippen molar-refractivity contribution >= 4 is 23.5 Å². The van der Waals surface area contributed by atoms with Gasteiger partial charge in [0.25, 0.3) is 5.91 Å². The third-order valence-electron chi connectivity index (χ3n) is 4.87. The standard InChI is InChI=1S/C24H27NO4/c1-3-28-22-15-18(14-19-9-7-8-17(2)24(19)27)12-13-21(22)29-16-23(26)25-20-10-5-4-6-11-20/h4-6,10-15,17H,3,7-9,16H2,1-2H3,(H,25,26)/b19-14+/t17-/m1/s1. The van der Waals surface area contributed by atoms with Gasteiger partial charge in [0.05, 0.1) is 6.61 Å². The maximum absolute atomic E-state index is 12.4. The molecule has 0 radical (unpaired) electrons. The van der Waals surface area contributed by atoms with Crippen LogP contribution in [0.4, 0.5) is 5.69 Å². The summed E-state index contributed by atoms with van der Waals surface area (Å²) in [6.07, 6.45) is 4.74. The first kappa shape index (κ1) is 20.6. The number of para-hydroxylation sites is 1. The molecule has 0 heterocycles. The van der Waals surface area contributed by atoms with Gasteiger partial charge in [0.2, 0.25) is 0 Å². The van der Waals surface area contributed by atoms with Crippen molar-refractivity contribution in [2.45, 2.75) is 33.1 Å². The molecule has 29 heavy (non-hydrogen) atoms. The van der Waals surface area contributed by atoms with Crippen LogP contribution in [0.2, 0.25) is 0 Å². The zero-order chi connectivity index (χ0) is 20.6. The van der Waals surface area contributed by atoms with Crippen molar-refractivity contribution in [1.82, 2.24) is 0 Å². The van der Waals surface area contributed by atoms with Crippen LogP contribution in [0.25, 0.3) is 6.08 Å². The number of anilines is 1. The molecule has 2 aromatic rings. The minimum atomic E-state index is -0.244. The van der Waals surface area contributed by atoms with Crippen LogP contribution in [-0.4, -0.2) is 24.9 Å². The lowest BCUT2D eigenvalue weighted by Gasteiger charge is -2.19. The maximum atomic E-state index is 12.4. The first-order chi connectivity index (χ1) is 14.1. The molecule has 0 bridgehead atoms. The molecule has 2 aromatic carbocycles. The van der Waals surface area contributed by atoms with Crippen molar-refractivity contribution in [2.75, 3.05) is 18.5 Å². The number of rotatable bonds is 7. The van der Waals surface area contributed by atoms with Gasteiger partial charge in [-0.1, -0.05) is 31.2 Å². The first-order valence-corrected chi connectivity index (χ1v) is 10.1. The third-order valence-corrected chi connectivity index (χ3v) is 4.87. The monoisotopic (exact) mass is 393 g/mol. The van der Waals surface area contributed by atoms with Crippen LogP contribution in [0.3, 0.4) is 0 Å². The Labute approximate surface area is 171 Å². The van der Waals surface area contributed by atoms with E-state index in [0.717, 1.165) is 36.1 Å². The molecule has 1 fully saturated rings. The highest BCUT2D eigenvalue weighted by atomic mass is 16.5. The highest BCUT2D eigenvalue weighted by Gasteiger charge is 2.22. The average molecular weight is 393 g/mol. The zero-order valence-electron chi connectivity index (χ0n) is 16.9. The van der Waals surface area contributed by atoms with Crippen LogP contribution < -0.4 is 14.8 Å². The van der Waals surface area contributed by atoms with E-state index in [0.29, 0.717) is 18.1 Å². The Kier molecular flexibility index (Phi) is 7.06. The number of allylic oxidation sites excluding steroid dienone is 1. The maximum Gasteiger partial charge on any atom is 0.262 e. The van der Waals surface area contributed by atoms with E-state index in [2.05, 4.69) is 5.32 Å². The number of nitrogens with one attached hydrogen (secondary N) is 1. The van der Waals surface area contributed by atoms with E-state index in [1.54, 1.807) is 6.07 Å². The van der Waals surface area contributed by atoms with Crippen LogP contribution >= 0.6 is 0 Å². The quantitative estimate of drug-likeness (QED) is 0.681. The van der Waals surface area contributed by atoms with Crippen LogP contribution in [-0.2, 0) is 9.59 Å². The summed E-state index contributed by atoms with van der Waals surface area (Å²) in [7, 11) is 0. The number of hydrogen-bond acceptors (Lipinski definition) is 4. The second-order valence-electron chi connectivity index (χ2n) is 7.17. The Morgan fingerprint density at radius 2 is 1.93 bits per heavy atom. The van der Waals surface area contributed by atoms with Gasteiger partial charge in [0.1, 0.15) is 0 Å². The number of ether oxygens (including phenoxy) is 2. The highest BCUT2D eigenvalue weighted by molar-refractivity contribution is 6.01. The molecule has 3 rings (SSSR count). The molecule has 152 valence electrons.